The van der Waals surface area contributed by atoms with E-state index in [9.17, 15) is 28.9 Å². The lowest BCUT2D eigenvalue weighted by Crippen LogP contribution is -2.30. The molecule has 0 aromatic rings. The first-order valence-corrected chi connectivity index (χ1v) is 34.0. The molecule has 0 heterocycles. The molecule has 78 heavy (non-hydrogen) atoms. The second kappa shape index (κ2) is 60.5. The Kier molecular flexibility index (Phi) is 58.5. The van der Waals surface area contributed by atoms with E-state index in [-0.39, 0.29) is 25.9 Å². The van der Waals surface area contributed by atoms with Gasteiger partial charge in [0.25, 0.3) is 0 Å². The van der Waals surface area contributed by atoms with Gasteiger partial charge in [-0.05, 0) is 83.5 Å². The largest absolute Gasteiger partial charge is 0.472 e. The van der Waals surface area contributed by atoms with Crippen LogP contribution < -0.4 is 0 Å². The zero-order chi connectivity index (χ0) is 56.9. The maximum Gasteiger partial charge on any atom is 0.472 e. The first-order valence-electron chi connectivity index (χ1n) is 32.5. The average Bonchev–Trinajstić information content (AvgIpc) is 3.43. The SMILES string of the molecule is CCCCC/C=C\C/C=C\CCCCCCCCCCCC(=O)OCC(COP(=O)(O)OCC(CO)OC(=O)CCCCCCC/C=C\C/C=C\CCCCC)OC(=O)CCCCCCCCCCCCCCCCCCC. The Morgan fingerprint density at radius 3 is 0.974 bits per heavy atom. The molecule has 3 unspecified atom stereocenters. The number of rotatable bonds is 61. The van der Waals surface area contributed by atoms with Crippen molar-refractivity contribution in [3.63, 3.8) is 0 Å². The number of hydrogen-bond donors (Lipinski definition) is 2. The molecular formula is C66H121O11P. The molecule has 0 amide bonds. The molecule has 0 radical (unpaired) electrons. The zero-order valence-electron chi connectivity index (χ0n) is 50.6. The van der Waals surface area contributed by atoms with Gasteiger partial charge in [-0.25, -0.2) is 4.57 Å². The lowest BCUT2D eigenvalue weighted by molar-refractivity contribution is -0.161. The normalized spacial score (nSPS) is 13.6. The van der Waals surface area contributed by atoms with Crippen LogP contribution in [-0.4, -0.2) is 66.5 Å². The zero-order valence-corrected chi connectivity index (χ0v) is 51.5. The van der Waals surface area contributed by atoms with Crippen molar-refractivity contribution in [1.82, 2.24) is 0 Å². The van der Waals surface area contributed by atoms with E-state index in [0.717, 1.165) is 96.3 Å². The van der Waals surface area contributed by atoms with E-state index in [1.54, 1.807) is 0 Å². The van der Waals surface area contributed by atoms with Crippen LogP contribution >= 0.6 is 7.82 Å². The molecule has 0 saturated heterocycles. The van der Waals surface area contributed by atoms with Gasteiger partial charge in [0.1, 0.15) is 12.7 Å². The Balaban J connectivity index is 4.68. The van der Waals surface area contributed by atoms with Crippen molar-refractivity contribution in [2.24, 2.45) is 0 Å². The van der Waals surface area contributed by atoms with Crippen molar-refractivity contribution in [2.45, 2.75) is 328 Å². The lowest BCUT2D eigenvalue weighted by atomic mass is 10.0. The Morgan fingerprint density at radius 1 is 0.359 bits per heavy atom. The molecule has 3 atom stereocenters. The fourth-order valence-corrected chi connectivity index (χ4v) is 10.0. The summed E-state index contributed by atoms with van der Waals surface area (Å²) in [6.07, 6.45) is 66.3. The molecule has 0 saturated carbocycles. The molecule has 456 valence electrons. The molecule has 0 aliphatic carbocycles. The first-order chi connectivity index (χ1) is 38.2. The highest BCUT2D eigenvalue weighted by molar-refractivity contribution is 7.47. The maximum atomic E-state index is 13.0. The number of phosphoric acid groups is 1. The molecule has 12 heteroatoms. The van der Waals surface area contributed by atoms with Gasteiger partial charge in [0.05, 0.1) is 19.8 Å². The summed E-state index contributed by atoms with van der Waals surface area (Å²) in [7, 11) is -4.75. The van der Waals surface area contributed by atoms with Crippen LogP contribution in [0.3, 0.4) is 0 Å². The summed E-state index contributed by atoms with van der Waals surface area (Å²) < 4.78 is 39.7. The lowest BCUT2D eigenvalue weighted by Gasteiger charge is -2.21. The predicted octanol–water partition coefficient (Wildman–Crippen LogP) is 19.7. The van der Waals surface area contributed by atoms with Crippen LogP contribution in [0.1, 0.15) is 316 Å². The molecule has 0 aliphatic rings. The highest BCUT2D eigenvalue weighted by Crippen LogP contribution is 2.43. The number of carbonyl (C=O) groups is 3. The van der Waals surface area contributed by atoms with Gasteiger partial charge in [-0.1, -0.05) is 262 Å². The number of ether oxygens (including phenoxy) is 3. The summed E-state index contributed by atoms with van der Waals surface area (Å²) in [4.78, 5) is 48.8. The van der Waals surface area contributed by atoms with Gasteiger partial charge in [0.15, 0.2) is 6.10 Å². The number of allylic oxidation sites excluding steroid dienone is 8. The third kappa shape index (κ3) is 58.1. The highest BCUT2D eigenvalue weighted by Gasteiger charge is 2.28. The van der Waals surface area contributed by atoms with Gasteiger partial charge in [0, 0.05) is 19.3 Å². The third-order valence-electron chi connectivity index (χ3n) is 14.2. The summed E-state index contributed by atoms with van der Waals surface area (Å²) in [5, 5.41) is 9.84. The monoisotopic (exact) mass is 1120 g/mol. The quantitative estimate of drug-likeness (QED) is 0.0197. The fraction of sp³-hybridized carbons (Fsp3) is 0.833. The Bertz CT molecular complexity index is 1490. The molecule has 0 spiro atoms. The van der Waals surface area contributed by atoms with Gasteiger partial charge in [-0.2, -0.15) is 0 Å². The van der Waals surface area contributed by atoms with Crippen LogP contribution in [0.4, 0.5) is 0 Å². The summed E-state index contributed by atoms with van der Waals surface area (Å²) in [6.45, 7) is 4.64. The van der Waals surface area contributed by atoms with Crippen LogP contribution in [0.5, 0.6) is 0 Å². The number of hydrogen-bond acceptors (Lipinski definition) is 10. The minimum absolute atomic E-state index is 0.163. The summed E-state index contributed by atoms with van der Waals surface area (Å²) in [5.74, 6) is -1.46. The van der Waals surface area contributed by atoms with Gasteiger partial charge in [0.2, 0.25) is 0 Å². The Hall–Kier alpha value is -2.56. The van der Waals surface area contributed by atoms with E-state index in [0.29, 0.717) is 19.3 Å². The predicted molar refractivity (Wildman–Crippen MR) is 325 cm³/mol. The van der Waals surface area contributed by atoms with Crippen LogP contribution in [0.2, 0.25) is 0 Å². The van der Waals surface area contributed by atoms with E-state index >= 15 is 0 Å². The average molecular weight is 1120 g/mol. The molecule has 0 aromatic heterocycles. The van der Waals surface area contributed by atoms with E-state index in [2.05, 4.69) is 69.4 Å². The maximum absolute atomic E-state index is 13.0. The molecule has 0 aromatic carbocycles. The smallest absolute Gasteiger partial charge is 0.462 e. The molecule has 2 N–H and O–H groups in total. The highest BCUT2D eigenvalue weighted by atomic mass is 31.2. The van der Waals surface area contributed by atoms with Crippen LogP contribution in [0, 0.1) is 0 Å². The molecule has 0 rings (SSSR count). The van der Waals surface area contributed by atoms with Crippen molar-refractivity contribution in [1.29, 1.82) is 0 Å². The van der Waals surface area contributed by atoms with E-state index in [1.807, 2.05) is 0 Å². The number of aliphatic hydroxyl groups excluding tert-OH is 1. The van der Waals surface area contributed by atoms with E-state index < -0.39 is 57.8 Å². The van der Waals surface area contributed by atoms with Crippen molar-refractivity contribution >= 4 is 25.7 Å². The van der Waals surface area contributed by atoms with Gasteiger partial charge < -0.3 is 24.2 Å². The summed E-state index contributed by atoms with van der Waals surface area (Å²) in [5.41, 5.74) is 0. The van der Waals surface area contributed by atoms with Crippen molar-refractivity contribution < 1.29 is 52.2 Å². The van der Waals surface area contributed by atoms with Crippen LogP contribution in [0.25, 0.3) is 0 Å². The molecule has 0 aliphatic heterocycles. The number of unbranched alkanes of at least 4 members (excludes halogenated alkanes) is 36. The number of phosphoric ester groups is 1. The molecule has 11 nitrogen and oxygen atoms in total. The second-order valence-corrected chi connectivity index (χ2v) is 23.4. The minimum atomic E-state index is -4.75. The molecule has 0 fully saturated rings. The fourth-order valence-electron chi connectivity index (χ4n) is 9.24. The minimum Gasteiger partial charge on any atom is -0.462 e. The molecular weight excluding hydrogens is 1000 g/mol. The Morgan fingerprint density at radius 2 is 0.628 bits per heavy atom. The Labute approximate surface area is 479 Å². The van der Waals surface area contributed by atoms with E-state index in [1.165, 1.54) is 161 Å². The van der Waals surface area contributed by atoms with Gasteiger partial charge >= 0.3 is 25.7 Å². The first kappa shape index (κ1) is 75.4. The number of carbonyl (C=O) groups excluding carboxylic acids is 3. The topological polar surface area (TPSA) is 155 Å². The van der Waals surface area contributed by atoms with Crippen LogP contribution in [-0.2, 0) is 42.2 Å². The molecule has 0 bridgehead atoms. The standard InChI is InChI=1S/C66H121O11P/c1-4-7-10-13-16-19-22-25-28-30-31-33-35-37-40-43-46-49-52-55-64(68)73-59-63(77-66(70)57-54-51-48-45-42-39-36-32-29-26-23-20-17-14-11-8-5-2)61-75-78(71,72)74-60-62(58-67)76-65(69)56-53-50-47-44-41-38-34-27-24-21-18-15-12-9-6-3/h16,18-19,21,25,27-28,34,62-63,67H,4-15,17,20,22-24,26,29-33,35-61H2,1-3H3,(H,71,72)/b19-16-,21-18-,28-25-,34-27-. The van der Waals surface area contributed by atoms with E-state index in [4.69, 9.17) is 23.3 Å². The van der Waals surface area contributed by atoms with Crippen molar-refractivity contribution in [3.8, 4) is 0 Å². The van der Waals surface area contributed by atoms with Gasteiger partial charge in [-0.3, -0.25) is 23.4 Å². The second-order valence-electron chi connectivity index (χ2n) is 21.9. The van der Waals surface area contributed by atoms with Gasteiger partial charge in [-0.15, -0.1) is 0 Å². The van der Waals surface area contributed by atoms with Crippen LogP contribution in [0.15, 0.2) is 48.6 Å². The third-order valence-corrected chi connectivity index (χ3v) is 15.2. The van der Waals surface area contributed by atoms with Crippen molar-refractivity contribution in [2.75, 3.05) is 26.4 Å². The summed E-state index contributed by atoms with van der Waals surface area (Å²) >= 11 is 0. The summed E-state index contributed by atoms with van der Waals surface area (Å²) in [6, 6.07) is 0. The van der Waals surface area contributed by atoms with Crippen molar-refractivity contribution in [3.05, 3.63) is 48.6 Å². The number of esters is 3. The number of aliphatic hydroxyl groups is 1.